The number of anilines is 1. The van der Waals surface area contributed by atoms with E-state index in [2.05, 4.69) is 32.3 Å². The van der Waals surface area contributed by atoms with Crippen molar-refractivity contribution in [2.75, 3.05) is 52.4 Å². The molecule has 7 nitrogen and oxygen atoms in total. The quantitative estimate of drug-likeness (QED) is 0.823. The summed E-state index contributed by atoms with van der Waals surface area (Å²) >= 11 is 0. The minimum atomic E-state index is 0.218. The molecule has 0 saturated carbocycles. The number of hydrogen-bond donors (Lipinski definition) is 1. The molecule has 0 bridgehead atoms. The van der Waals surface area contributed by atoms with Crippen molar-refractivity contribution in [1.82, 2.24) is 14.9 Å². The lowest BCUT2D eigenvalue weighted by Gasteiger charge is -2.35. The van der Waals surface area contributed by atoms with Gasteiger partial charge in [-0.1, -0.05) is 12.1 Å². The second kappa shape index (κ2) is 8.64. The predicted octanol–water partition coefficient (Wildman–Crippen LogP) is 1.98. The van der Waals surface area contributed by atoms with Crippen LogP contribution in [0.2, 0.25) is 0 Å². The van der Waals surface area contributed by atoms with Gasteiger partial charge in [0.15, 0.2) is 0 Å². The van der Waals surface area contributed by atoms with Crippen LogP contribution in [0.5, 0.6) is 11.6 Å². The maximum absolute atomic E-state index is 5.50. The molecule has 0 amide bonds. The molecule has 25 heavy (non-hydrogen) atoms. The van der Waals surface area contributed by atoms with Gasteiger partial charge in [0, 0.05) is 25.7 Å². The van der Waals surface area contributed by atoms with E-state index in [0.717, 1.165) is 44.4 Å². The number of benzene rings is 1. The normalized spacial score (nSPS) is 16.2. The molecule has 0 spiro atoms. The van der Waals surface area contributed by atoms with Crippen molar-refractivity contribution < 1.29 is 14.2 Å². The fourth-order valence-electron chi connectivity index (χ4n) is 2.92. The maximum atomic E-state index is 5.50. The van der Waals surface area contributed by atoms with E-state index in [0.29, 0.717) is 5.88 Å². The zero-order valence-corrected chi connectivity index (χ0v) is 14.6. The summed E-state index contributed by atoms with van der Waals surface area (Å²) in [5, 5.41) is 3.40. The molecule has 1 aromatic carbocycles. The third-order valence-corrected chi connectivity index (χ3v) is 4.31. The summed E-state index contributed by atoms with van der Waals surface area (Å²) in [5.41, 5.74) is 1.23. The lowest BCUT2D eigenvalue weighted by molar-refractivity contribution is 0.0187. The van der Waals surface area contributed by atoms with Gasteiger partial charge in [-0.3, -0.25) is 4.90 Å². The summed E-state index contributed by atoms with van der Waals surface area (Å²) in [6.45, 7) is 4.06. The number of nitrogens with zero attached hydrogens (tertiary/aromatic N) is 3. The van der Waals surface area contributed by atoms with Gasteiger partial charge in [-0.2, -0.15) is 0 Å². The van der Waals surface area contributed by atoms with Gasteiger partial charge in [0.1, 0.15) is 17.9 Å². The molecule has 7 heteroatoms. The minimum absolute atomic E-state index is 0.218. The van der Waals surface area contributed by atoms with E-state index in [4.69, 9.17) is 14.2 Å². The predicted molar refractivity (Wildman–Crippen MR) is 95.2 cm³/mol. The van der Waals surface area contributed by atoms with E-state index >= 15 is 0 Å². The van der Waals surface area contributed by atoms with E-state index in [1.807, 2.05) is 12.1 Å². The number of rotatable bonds is 7. The standard InChI is InChI=1S/C18H24N4O3/c1-23-15-5-3-14(4-6-15)16(22-7-9-25-10-8-22)12-19-17-11-18(24-2)21-13-20-17/h3-6,11,13,16H,7-10,12H2,1-2H3,(H,19,20,21)/t16-/m0/s1. The van der Waals surface area contributed by atoms with Crippen LogP contribution in [0, 0.1) is 0 Å². The Morgan fingerprint density at radius 2 is 1.88 bits per heavy atom. The van der Waals surface area contributed by atoms with E-state index in [-0.39, 0.29) is 6.04 Å². The second-order valence-corrected chi connectivity index (χ2v) is 5.76. The molecule has 0 radical (unpaired) electrons. The summed E-state index contributed by atoms with van der Waals surface area (Å²) in [6, 6.07) is 10.2. The van der Waals surface area contributed by atoms with Crippen molar-refractivity contribution in [1.29, 1.82) is 0 Å². The lowest BCUT2D eigenvalue weighted by atomic mass is 10.0. The van der Waals surface area contributed by atoms with Gasteiger partial charge in [-0.05, 0) is 17.7 Å². The molecular weight excluding hydrogens is 320 g/mol. The van der Waals surface area contributed by atoms with Crippen LogP contribution in [0.1, 0.15) is 11.6 Å². The molecule has 1 atom stereocenters. The summed E-state index contributed by atoms with van der Waals surface area (Å²) < 4.78 is 15.9. The van der Waals surface area contributed by atoms with Crippen LogP contribution in [0.3, 0.4) is 0 Å². The third kappa shape index (κ3) is 4.58. The molecule has 1 fully saturated rings. The highest BCUT2D eigenvalue weighted by Gasteiger charge is 2.22. The fraction of sp³-hybridized carbons (Fsp3) is 0.444. The molecular formula is C18H24N4O3. The Morgan fingerprint density at radius 1 is 1.12 bits per heavy atom. The van der Waals surface area contributed by atoms with Crippen LogP contribution in [0.15, 0.2) is 36.7 Å². The fourth-order valence-corrected chi connectivity index (χ4v) is 2.92. The van der Waals surface area contributed by atoms with Crippen molar-refractivity contribution in [2.24, 2.45) is 0 Å². The Bertz CT molecular complexity index is 660. The van der Waals surface area contributed by atoms with Crippen molar-refractivity contribution in [3.63, 3.8) is 0 Å². The second-order valence-electron chi connectivity index (χ2n) is 5.76. The van der Waals surface area contributed by atoms with Crippen molar-refractivity contribution >= 4 is 5.82 Å². The van der Waals surface area contributed by atoms with Gasteiger partial charge in [0.2, 0.25) is 5.88 Å². The summed E-state index contributed by atoms with van der Waals surface area (Å²) in [6.07, 6.45) is 1.50. The lowest BCUT2D eigenvalue weighted by Crippen LogP contribution is -2.41. The maximum Gasteiger partial charge on any atom is 0.218 e. The Hall–Kier alpha value is -2.38. The third-order valence-electron chi connectivity index (χ3n) is 4.31. The minimum Gasteiger partial charge on any atom is -0.497 e. The van der Waals surface area contributed by atoms with Gasteiger partial charge >= 0.3 is 0 Å². The van der Waals surface area contributed by atoms with E-state index in [1.54, 1.807) is 20.3 Å². The van der Waals surface area contributed by atoms with Crippen LogP contribution >= 0.6 is 0 Å². The van der Waals surface area contributed by atoms with Gasteiger partial charge < -0.3 is 19.5 Å². The van der Waals surface area contributed by atoms with Crippen molar-refractivity contribution in [3.8, 4) is 11.6 Å². The number of morpholine rings is 1. The number of ether oxygens (including phenoxy) is 3. The highest BCUT2D eigenvalue weighted by Crippen LogP contribution is 2.25. The largest absolute Gasteiger partial charge is 0.497 e. The zero-order valence-electron chi connectivity index (χ0n) is 14.6. The average molecular weight is 344 g/mol. The molecule has 1 aliphatic heterocycles. The molecule has 2 aromatic rings. The zero-order chi connectivity index (χ0) is 17.5. The van der Waals surface area contributed by atoms with Crippen LogP contribution in [-0.4, -0.2) is 61.9 Å². The van der Waals surface area contributed by atoms with Crippen molar-refractivity contribution in [2.45, 2.75) is 6.04 Å². The molecule has 134 valence electrons. The Labute approximate surface area is 147 Å². The number of nitrogens with one attached hydrogen (secondary N) is 1. The highest BCUT2D eigenvalue weighted by atomic mass is 16.5. The Morgan fingerprint density at radius 3 is 2.56 bits per heavy atom. The molecule has 1 aliphatic rings. The first kappa shape index (κ1) is 17.4. The van der Waals surface area contributed by atoms with Crippen molar-refractivity contribution in [3.05, 3.63) is 42.2 Å². The highest BCUT2D eigenvalue weighted by molar-refractivity contribution is 5.38. The monoisotopic (exact) mass is 344 g/mol. The Balaban J connectivity index is 1.75. The average Bonchev–Trinajstić information content (AvgIpc) is 2.69. The van der Waals surface area contributed by atoms with Crippen LogP contribution in [-0.2, 0) is 4.74 Å². The molecule has 2 heterocycles. The molecule has 1 saturated heterocycles. The molecule has 1 N–H and O–H groups in total. The van der Waals surface area contributed by atoms with Gasteiger partial charge in [0.25, 0.3) is 0 Å². The topological polar surface area (TPSA) is 68.7 Å². The Kier molecular flexibility index (Phi) is 6.03. The first-order chi connectivity index (χ1) is 12.3. The molecule has 1 aromatic heterocycles. The van der Waals surface area contributed by atoms with Gasteiger partial charge in [-0.25, -0.2) is 9.97 Å². The molecule has 0 aliphatic carbocycles. The van der Waals surface area contributed by atoms with E-state index in [9.17, 15) is 0 Å². The molecule has 0 unspecified atom stereocenters. The number of methoxy groups -OCH3 is 2. The number of hydrogen-bond acceptors (Lipinski definition) is 7. The van der Waals surface area contributed by atoms with Crippen LogP contribution in [0.25, 0.3) is 0 Å². The SMILES string of the molecule is COc1ccc([C@H](CNc2cc(OC)ncn2)N2CCOCC2)cc1. The van der Waals surface area contributed by atoms with Gasteiger partial charge in [0.05, 0.1) is 33.5 Å². The van der Waals surface area contributed by atoms with Crippen LogP contribution < -0.4 is 14.8 Å². The summed E-state index contributed by atoms with van der Waals surface area (Å²) in [4.78, 5) is 10.7. The van der Waals surface area contributed by atoms with Gasteiger partial charge in [-0.15, -0.1) is 0 Å². The molecule has 3 rings (SSSR count). The van der Waals surface area contributed by atoms with E-state index < -0.39 is 0 Å². The first-order valence-corrected chi connectivity index (χ1v) is 8.36. The van der Waals surface area contributed by atoms with E-state index in [1.165, 1.54) is 11.9 Å². The van der Waals surface area contributed by atoms with Crippen LogP contribution in [0.4, 0.5) is 5.82 Å². The summed E-state index contributed by atoms with van der Waals surface area (Å²) in [7, 11) is 3.28. The number of aromatic nitrogens is 2. The smallest absolute Gasteiger partial charge is 0.218 e. The first-order valence-electron chi connectivity index (χ1n) is 8.36. The summed E-state index contributed by atoms with van der Waals surface area (Å²) in [5.74, 6) is 2.15.